The van der Waals surface area contributed by atoms with Crippen LogP contribution in [0.5, 0.6) is 11.5 Å². The fourth-order valence-corrected chi connectivity index (χ4v) is 2.62. The maximum absolute atomic E-state index is 11.8. The van der Waals surface area contributed by atoms with Gasteiger partial charge in [-0.3, -0.25) is 4.79 Å². The van der Waals surface area contributed by atoms with Crippen molar-refractivity contribution in [1.82, 2.24) is 10.3 Å². The molecule has 0 saturated heterocycles. The number of hydrogen-bond donors (Lipinski definition) is 1. The lowest BCUT2D eigenvalue weighted by Crippen LogP contribution is -2.23. The number of rotatable bonds is 7. The molecule has 0 spiro atoms. The summed E-state index contributed by atoms with van der Waals surface area (Å²) in [5.41, 5.74) is 1.88. The Morgan fingerprint density at radius 1 is 1.30 bits per heavy atom. The molecule has 122 valence electrons. The molecule has 1 heterocycles. The molecule has 1 N–H and O–H groups in total. The second-order valence-corrected chi connectivity index (χ2v) is 5.92. The molecule has 1 aromatic carbocycles. The van der Waals surface area contributed by atoms with Crippen LogP contribution >= 0.6 is 11.3 Å². The molecule has 6 heteroatoms. The third-order valence-electron chi connectivity index (χ3n) is 3.20. The number of methoxy groups -OCH3 is 2. The Labute approximate surface area is 140 Å². The van der Waals surface area contributed by atoms with Gasteiger partial charge in [-0.2, -0.15) is 0 Å². The van der Waals surface area contributed by atoms with E-state index in [0.717, 1.165) is 22.7 Å². The van der Waals surface area contributed by atoms with Crippen LogP contribution in [0.25, 0.3) is 6.08 Å². The number of aromatic nitrogens is 1. The number of hydrogen-bond acceptors (Lipinski definition) is 5. The number of amides is 1. The summed E-state index contributed by atoms with van der Waals surface area (Å²) in [6.45, 7) is 2.49. The summed E-state index contributed by atoms with van der Waals surface area (Å²) in [5.74, 6) is 1.26. The Kier molecular flexibility index (Phi) is 6.17. The molecule has 1 amide bonds. The van der Waals surface area contributed by atoms with Crippen LogP contribution in [0.2, 0.25) is 0 Å². The molecule has 23 heavy (non-hydrogen) atoms. The van der Waals surface area contributed by atoms with Crippen LogP contribution in [-0.2, 0) is 11.2 Å². The van der Waals surface area contributed by atoms with Crippen LogP contribution in [0.4, 0.5) is 0 Å². The Morgan fingerprint density at radius 3 is 2.74 bits per heavy atom. The number of benzene rings is 1. The first-order chi connectivity index (χ1) is 11.1. The highest BCUT2D eigenvalue weighted by Crippen LogP contribution is 2.27. The van der Waals surface area contributed by atoms with E-state index < -0.39 is 0 Å². The second kappa shape index (κ2) is 8.33. The van der Waals surface area contributed by atoms with E-state index in [4.69, 9.17) is 9.47 Å². The highest BCUT2D eigenvalue weighted by atomic mass is 32.1. The van der Waals surface area contributed by atoms with Gasteiger partial charge in [-0.25, -0.2) is 4.98 Å². The van der Waals surface area contributed by atoms with Crippen molar-refractivity contribution in [2.45, 2.75) is 13.3 Å². The SMILES string of the molecule is COc1ccc(CCNC(=O)/C=C/c2csc(C)n2)cc1OC. The van der Waals surface area contributed by atoms with Crippen molar-refractivity contribution >= 4 is 23.3 Å². The van der Waals surface area contributed by atoms with Crippen molar-refractivity contribution in [3.8, 4) is 11.5 Å². The third kappa shape index (κ3) is 5.10. The second-order valence-electron chi connectivity index (χ2n) is 4.86. The van der Waals surface area contributed by atoms with E-state index in [9.17, 15) is 4.79 Å². The number of ether oxygens (including phenoxy) is 2. The maximum Gasteiger partial charge on any atom is 0.244 e. The summed E-state index contributed by atoms with van der Waals surface area (Å²) in [6.07, 6.45) is 3.94. The van der Waals surface area contributed by atoms with Gasteiger partial charge in [0.05, 0.1) is 24.9 Å². The van der Waals surface area contributed by atoms with Crippen molar-refractivity contribution in [3.05, 3.63) is 45.9 Å². The lowest BCUT2D eigenvalue weighted by molar-refractivity contribution is -0.116. The lowest BCUT2D eigenvalue weighted by Gasteiger charge is -2.09. The molecular weight excluding hydrogens is 312 g/mol. The number of carbonyl (C=O) groups is 1. The van der Waals surface area contributed by atoms with Crippen molar-refractivity contribution in [3.63, 3.8) is 0 Å². The smallest absolute Gasteiger partial charge is 0.244 e. The standard InChI is InChI=1S/C17H20N2O3S/c1-12-19-14(11-23-12)5-7-17(20)18-9-8-13-4-6-15(21-2)16(10-13)22-3/h4-7,10-11H,8-9H2,1-3H3,(H,18,20)/b7-5+. The average molecular weight is 332 g/mol. The van der Waals surface area contributed by atoms with E-state index in [1.165, 1.54) is 6.08 Å². The highest BCUT2D eigenvalue weighted by molar-refractivity contribution is 7.09. The van der Waals surface area contributed by atoms with E-state index in [-0.39, 0.29) is 5.91 Å². The summed E-state index contributed by atoms with van der Waals surface area (Å²) in [5, 5.41) is 5.76. The zero-order chi connectivity index (χ0) is 16.7. The molecule has 1 aromatic heterocycles. The predicted octanol–water partition coefficient (Wildman–Crippen LogP) is 2.84. The number of nitrogens with one attached hydrogen (secondary N) is 1. The Hall–Kier alpha value is -2.34. The van der Waals surface area contributed by atoms with E-state index in [1.54, 1.807) is 31.6 Å². The number of aryl methyl sites for hydroxylation is 1. The first-order valence-electron chi connectivity index (χ1n) is 7.21. The first kappa shape index (κ1) is 17.0. The molecule has 0 unspecified atom stereocenters. The predicted molar refractivity (Wildman–Crippen MR) is 92.1 cm³/mol. The summed E-state index contributed by atoms with van der Waals surface area (Å²) in [6, 6.07) is 5.74. The Bertz CT molecular complexity index is 695. The lowest BCUT2D eigenvalue weighted by atomic mass is 10.1. The summed E-state index contributed by atoms with van der Waals surface area (Å²) >= 11 is 1.56. The van der Waals surface area contributed by atoms with Gasteiger partial charge in [0.25, 0.3) is 0 Å². The molecule has 0 aliphatic rings. The summed E-state index contributed by atoms with van der Waals surface area (Å²) in [4.78, 5) is 16.0. The normalized spacial score (nSPS) is 10.7. The zero-order valence-electron chi connectivity index (χ0n) is 13.5. The van der Waals surface area contributed by atoms with Gasteiger partial charge >= 0.3 is 0 Å². The largest absolute Gasteiger partial charge is 0.493 e. The van der Waals surface area contributed by atoms with Gasteiger partial charge in [-0.05, 0) is 37.1 Å². The van der Waals surface area contributed by atoms with Crippen molar-refractivity contribution in [1.29, 1.82) is 0 Å². The van der Waals surface area contributed by atoms with E-state index >= 15 is 0 Å². The average Bonchev–Trinajstić information content (AvgIpc) is 2.98. The van der Waals surface area contributed by atoms with Crippen LogP contribution < -0.4 is 14.8 Å². The van der Waals surface area contributed by atoms with E-state index in [2.05, 4.69) is 10.3 Å². The van der Waals surface area contributed by atoms with Gasteiger partial charge in [-0.15, -0.1) is 11.3 Å². The van der Waals surface area contributed by atoms with Crippen LogP contribution in [0.1, 0.15) is 16.3 Å². The van der Waals surface area contributed by atoms with Crippen LogP contribution in [0.3, 0.4) is 0 Å². The van der Waals surface area contributed by atoms with Crippen molar-refractivity contribution < 1.29 is 14.3 Å². The highest BCUT2D eigenvalue weighted by Gasteiger charge is 2.04. The molecule has 0 fully saturated rings. The molecule has 0 aliphatic heterocycles. The molecule has 0 atom stereocenters. The van der Waals surface area contributed by atoms with Crippen LogP contribution in [0, 0.1) is 6.92 Å². The number of thiazole rings is 1. The Balaban J connectivity index is 1.82. The van der Waals surface area contributed by atoms with Gasteiger partial charge in [0.1, 0.15) is 0 Å². The van der Waals surface area contributed by atoms with Gasteiger partial charge < -0.3 is 14.8 Å². The summed E-state index contributed by atoms with van der Waals surface area (Å²) in [7, 11) is 3.21. The molecule has 5 nitrogen and oxygen atoms in total. The van der Waals surface area contributed by atoms with Gasteiger partial charge in [0, 0.05) is 18.0 Å². The zero-order valence-corrected chi connectivity index (χ0v) is 14.3. The van der Waals surface area contributed by atoms with Crippen molar-refractivity contribution in [2.24, 2.45) is 0 Å². The van der Waals surface area contributed by atoms with Crippen molar-refractivity contribution in [2.75, 3.05) is 20.8 Å². The third-order valence-corrected chi connectivity index (χ3v) is 3.99. The fraction of sp³-hybridized carbons (Fsp3) is 0.294. The molecular formula is C17H20N2O3S. The molecule has 0 radical (unpaired) electrons. The minimum atomic E-state index is -0.129. The summed E-state index contributed by atoms with van der Waals surface area (Å²) < 4.78 is 10.5. The van der Waals surface area contributed by atoms with E-state index in [1.807, 2.05) is 30.5 Å². The topological polar surface area (TPSA) is 60.5 Å². The van der Waals surface area contributed by atoms with Crippen LogP contribution in [0.15, 0.2) is 29.7 Å². The first-order valence-corrected chi connectivity index (χ1v) is 8.09. The maximum atomic E-state index is 11.8. The van der Waals surface area contributed by atoms with Gasteiger partial charge in [0.15, 0.2) is 11.5 Å². The number of carbonyl (C=O) groups excluding carboxylic acids is 1. The monoisotopic (exact) mass is 332 g/mol. The minimum absolute atomic E-state index is 0.129. The minimum Gasteiger partial charge on any atom is -0.493 e. The molecule has 2 aromatic rings. The number of nitrogens with zero attached hydrogens (tertiary/aromatic N) is 1. The fourth-order valence-electron chi connectivity index (χ4n) is 2.04. The van der Waals surface area contributed by atoms with Gasteiger partial charge in [-0.1, -0.05) is 6.07 Å². The Morgan fingerprint density at radius 2 is 2.09 bits per heavy atom. The molecule has 0 bridgehead atoms. The molecule has 2 rings (SSSR count). The van der Waals surface area contributed by atoms with Crippen LogP contribution in [-0.4, -0.2) is 31.7 Å². The quantitative estimate of drug-likeness (QED) is 0.792. The molecule has 0 saturated carbocycles. The molecule has 0 aliphatic carbocycles. The van der Waals surface area contributed by atoms with E-state index in [0.29, 0.717) is 18.0 Å². The van der Waals surface area contributed by atoms with Gasteiger partial charge in [0.2, 0.25) is 5.91 Å².